The lowest BCUT2D eigenvalue weighted by molar-refractivity contribution is -0.143. The number of thioether (sulfide) groups is 1. The van der Waals surface area contributed by atoms with Crippen molar-refractivity contribution in [2.45, 2.75) is 69.6 Å². The van der Waals surface area contributed by atoms with Crippen LogP contribution in [-0.4, -0.2) is 82.6 Å². The van der Waals surface area contributed by atoms with Gasteiger partial charge in [-0.25, -0.2) is 4.79 Å². The van der Waals surface area contributed by atoms with Crippen molar-refractivity contribution in [3.8, 4) is 0 Å². The molecule has 4 unspecified atom stereocenters. The van der Waals surface area contributed by atoms with Crippen LogP contribution in [0.5, 0.6) is 0 Å². The smallest absolute Gasteiger partial charge is 0.326 e. The Kier molecular flexibility index (Phi) is 15.1. The number of hydrogen-bond donors (Lipinski definition) is 7. The third-order valence-corrected chi connectivity index (χ3v) is 5.21. The van der Waals surface area contributed by atoms with Gasteiger partial charge in [-0.1, -0.05) is 6.42 Å². The summed E-state index contributed by atoms with van der Waals surface area (Å²) in [7, 11) is 0. The van der Waals surface area contributed by atoms with Crippen molar-refractivity contribution in [1.82, 2.24) is 16.0 Å². The molecule has 0 fully saturated rings. The second-order valence-electron chi connectivity index (χ2n) is 7.30. The van der Waals surface area contributed by atoms with E-state index in [9.17, 15) is 24.0 Å². The fourth-order valence-electron chi connectivity index (χ4n) is 2.62. The fraction of sp³-hybridized carbons (Fsp3) is 0.737. The first-order chi connectivity index (χ1) is 15.0. The van der Waals surface area contributed by atoms with Crippen LogP contribution in [-0.2, 0) is 24.0 Å². The van der Waals surface area contributed by atoms with Crippen molar-refractivity contribution in [3.63, 3.8) is 0 Å². The average Bonchev–Trinajstić information content (AvgIpc) is 2.73. The van der Waals surface area contributed by atoms with Crippen LogP contribution < -0.4 is 27.4 Å². The Hall–Kier alpha value is -2.38. The molecule has 9 N–H and O–H groups in total. The first kappa shape index (κ1) is 29.6. The maximum Gasteiger partial charge on any atom is 0.326 e. The summed E-state index contributed by atoms with van der Waals surface area (Å²) in [6.07, 6.45) is 3.24. The predicted octanol–water partition coefficient (Wildman–Crippen LogP) is -1.38. The van der Waals surface area contributed by atoms with Gasteiger partial charge in [0.25, 0.3) is 0 Å². The third-order valence-electron chi connectivity index (χ3n) is 4.56. The van der Waals surface area contributed by atoms with Crippen LogP contribution in [0.1, 0.15) is 45.4 Å². The second kappa shape index (κ2) is 16.3. The number of rotatable bonds is 17. The number of unbranched alkanes of at least 4 members (excludes halogenated alkanes) is 1. The molecule has 0 aromatic heterocycles. The Labute approximate surface area is 191 Å². The van der Waals surface area contributed by atoms with E-state index in [2.05, 4.69) is 16.0 Å². The molecule has 13 heteroatoms. The van der Waals surface area contributed by atoms with Crippen molar-refractivity contribution in [3.05, 3.63) is 0 Å². The van der Waals surface area contributed by atoms with Gasteiger partial charge in [-0.2, -0.15) is 11.8 Å². The van der Waals surface area contributed by atoms with Crippen LogP contribution in [0.2, 0.25) is 0 Å². The molecule has 0 radical (unpaired) electrons. The van der Waals surface area contributed by atoms with Crippen LogP contribution in [0, 0.1) is 0 Å². The summed E-state index contributed by atoms with van der Waals surface area (Å²) >= 11 is 1.48. The topological polar surface area (TPSA) is 214 Å². The maximum absolute atomic E-state index is 12.7. The first-order valence-corrected chi connectivity index (χ1v) is 11.7. The van der Waals surface area contributed by atoms with Crippen LogP contribution in [0.4, 0.5) is 0 Å². The van der Waals surface area contributed by atoms with Crippen LogP contribution in [0.3, 0.4) is 0 Å². The molecule has 4 atom stereocenters. The average molecular weight is 478 g/mol. The van der Waals surface area contributed by atoms with Gasteiger partial charge in [0, 0.05) is 6.42 Å². The highest BCUT2D eigenvalue weighted by Gasteiger charge is 2.28. The number of amides is 3. The monoisotopic (exact) mass is 477 g/mol. The van der Waals surface area contributed by atoms with Crippen molar-refractivity contribution in [1.29, 1.82) is 0 Å². The normalized spacial score (nSPS) is 14.5. The summed E-state index contributed by atoms with van der Waals surface area (Å²) in [6.45, 7) is 1.85. The minimum absolute atomic E-state index is 0.300. The molecule has 0 aliphatic carbocycles. The molecule has 0 aliphatic heterocycles. The maximum atomic E-state index is 12.7. The summed E-state index contributed by atoms with van der Waals surface area (Å²) in [5.74, 6) is -3.89. The standard InChI is InChI=1S/C19H35N5O7S/c1-11(16(27)24-14(19(30)31)6-7-15(25)26)22-18(29)13(8-10-32-2)23-17(28)12(21)5-3-4-9-20/h11-14H,3-10,20-21H2,1-2H3,(H,22,29)(H,23,28)(H,24,27)(H,25,26)(H,30,31). The van der Waals surface area contributed by atoms with Gasteiger partial charge in [0.2, 0.25) is 17.7 Å². The highest BCUT2D eigenvalue weighted by molar-refractivity contribution is 7.98. The molecule has 0 bridgehead atoms. The Bertz CT molecular complexity index is 650. The van der Waals surface area contributed by atoms with Gasteiger partial charge >= 0.3 is 11.9 Å². The Balaban J connectivity index is 4.95. The second-order valence-corrected chi connectivity index (χ2v) is 8.28. The molecule has 0 spiro atoms. The zero-order valence-electron chi connectivity index (χ0n) is 18.5. The molecule has 0 aliphatic rings. The lowest BCUT2D eigenvalue weighted by Crippen LogP contribution is -2.56. The van der Waals surface area contributed by atoms with E-state index in [0.29, 0.717) is 31.6 Å². The lowest BCUT2D eigenvalue weighted by atomic mass is 10.1. The number of nitrogens with two attached hydrogens (primary N) is 2. The minimum atomic E-state index is -1.41. The summed E-state index contributed by atoms with van der Waals surface area (Å²) in [4.78, 5) is 59.2. The minimum Gasteiger partial charge on any atom is -0.481 e. The summed E-state index contributed by atoms with van der Waals surface area (Å²) in [6, 6.07) is -4.23. The first-order valence-electron chi connectivity index (χ1n) is 10.3. The van der Waals surface area contributed by atoms with E-state index in [1.807, 2.05) is 6.26 Å². The molecule has 0 aromatic carbocycles. The van der Waals surface area contributed by atoms with Crippen LogP contribution >= 0.6 is 11.8 Å². The van der Waals surface area contributed by atoms with E-state index in [4.69, 9.17) is 21.7 Å². The van der Waals surface area contributed by atoms with E-state index in [0.717, 1.165) is 6.42 Å². The summed E-state index contributed by atoms with van der Waals surface area (Å²) in [5.41, 5.74) is 11.3. The van der Waals surface area contributed by atoms with E-state index >= 15 is 0 Å². The van der Waals surface area contributed by atoms with Crippen molar-refractivity contribution in [2.75, 3.05) is 18.6 Å². The molecule has 0 saturated heterocycles. The number of carboxylic acid groups (broad SMARTS) is 2. The number of carbonyl (C=O) groups excluding carboxylic acids is 3. The lowest BCUT2D eigenvalue weighted by Gasteiger charge is -2.23. The quantitative estimate of drug-likeness (QED) is 0.122. The van der Waals surface area contributed by atoms with Gasteiger partial charge in [0.05, 0.1) is 6.04 Å². The Morgan fingerprint density at radius 3 is 2.03 bits per heavy atom. The molecule has 184 valence electrons. The molecular formula is C19H35N5O7S. The Morgan fingerprint density at radius 2 is 1.50 bits per heavy atom. The van der Waals surface area contributed by atoms with Crippen molar-refractivity contribution < 1.29 is 34.2 Å². The van der Waals surface area contributed by atoms with Gasteiger partial charge in [0.15, 0.2) is 0 Å². The highest BCUT2D eigenvalue weighted by atomic mass is 32.2. The highest BCUT2D eigenvalue weighted by Crippen LogP contribution is 2.05. The summed E-state index contributed by atoms with van der Waals surface area (Å²) < 4.78 is 0. The predicted molar refractivity (Wildman–Crippen MR) is 120 cm³/mol. The van der Waals surface area contributed by atoms with E-state index in [1.165, 1.54) is 18.7 Å². The zero-order chi connectivity index (χ0) is 24.7. The SMILES string of the molecule is CSCCC(NC(=O)C(N)CCCCN)C(=O)NC(C)C(=O)NC(CCC(=O)O)C(=O)O. The van der Waals surface area contributed by atoms with Gasteiger partial charge in [-0.3, -0.25) is 19.2 Å². The van der Waals surface area contributed by atoms with E-state index in [-0.39, 0.29) is 6.42 Å². The van der Waals surface area contributed by atoms with E-state index < -0.39 is 60.2 Å². The number of aliphatic carboxylic acids is 2. The van der Waals surface area contributed by atoms with Gasteiger partial charge in [-0.05, 0) is 51.2 Å². The number of carbonyl (C=O) groups is 5. The fourth-order valence-corrected chi connectivity index (χ4v) is 3.10. The van der Waals surface area contributed by atoms with Gasteiger partial charge in [-0.15, -0.1) is 0 Å². The number of carboxylic acids is 2. The number of nitrogens with one attached hydrogen (secondary N) is 3. The zero-order valence-corrected chi connectivity index (χ0v) is 19.3. The molecule has 3 amide bonds. The molecule has 0 aromatic rings. The third kappa shape index (κ3) is 12.5. The number of hydrogen-bond acceptors (Lipinski definition) is 8. The van der Waals surface area contributed by atoms with Gasteiger partial charge < -0.3 is 37.6 Å². The molecule has 0 saturated carbocycles. The summed E-state index contributed by atoms with van der Waals surface area (Å²) in [5, 5.41) is 25.1. The van der Waals surface area contributed by atoms with Crippen molar-refractivity contribution >= 4 is 41.4 Å². The Morgan fingerprint density at radius 1 is 0.875 bits per heavy atom. The largest absolute Gasteiger partial charge is 0.481 e. The molecular weight excluding hydrogens is 442 g/mol. The van der Waals surface area contributed by atoms with Crippen LogP contribution in [0.15, 0.2) is 0 Å². The van der Waals surface area contributed by atoms with Crippen molar-refractivity contribution in [2.24, 2.45) is 11.5 Å². The molecule has 0 rings (SSSR count). The molecule has 0 heterocycles. The van der Waals surface area contributed by atoms with Gasteiger partial charge in [0.1, 0.15) is 18.1 Å². The molecule has 32 heavy (non-hydrogen) atoms. The van der Waals surface area contributed by atoms with E-state index in [1.54, 1.807) is 0 Å². The molecule has 12 nitrogen and oxygen atoms in total. The van der Waals surface area contributed by atoms with Crippen LogP contribution in [0.25, 0.3) is 0 Å².